The summed E-state index contributed by atoms with van der Waals surface area (Å²) in [5, 5.41) is 4.69. The van der Waals surface area contributed by atoms with E-state index in [0.717, 1.165) is 31.0 Å². The first kappa shape index (κ1) is 14.1. The highest BCUT2D eigenvalue weighted by Gasteiger charge is 2.07. The van der Waals surface area contributed by atoms with Crippen molar-refractivity contribution in [2.75, 3.05) is 20.1 Å². The maximum absolute atomic E-state index is 5.83. The molecule has 2 rings (SSSR count). The minimum Gasteiger partial charge on any atom is -0.460 e. The molecule has 1 unspecified atom stereocenters. The van der Waals surface area contributed by atoms with Gasteiger partial charge in [-0.25, -0.2) is 0 Å². The molecule has 0 aliphatic carbocycles. The van der Waals surface area contributed by atoms with Crippen molar-refractivity contribution in [3.8, 4) is 0 Å². The van der Waals surface area contributed by atoms with Gasteiger partial charge in [0, 0.05) is 18.0 Å². The van der Waals surface area contributed by atoms with Crippen LogP contribution in [0.25, 0.3) is 11.0 Å². The zero-order chi connectivity index (χ0) is 13.8. The number of likely N-dealkylation sites (N-methyl/N-ethyl adjacent to an activating group) is 1. The number of aryl methyl sites for hydroxylation is 1. The van der Waals surface area contributed by atoms with Crippen LogP contribution in [0.3, 0.4) is 0 Å². The highest BCUT2D eigenvalue weighted by atomic mass is 16.3. The molecule has 1 atom stereocenters. The van der Waals surface area contributed by atoms with E-state index in [1.165, 1.54) is 10.9 Å². The monoisotopic (exact) mass is 260 g/mol. The van der Waals surface area contributed by atoms with Crippen LogP contribution in [0.1, 0.15) is 25.2 Å². The number of fused-ring (bicyclic) bond motifs is 1. The maximum atomic E-state index is 5.83. The molecular weight excluding hydrogens is 236 g/mol. The average molecular weight is 260 g/mol. The van der Waals surface area contributed by atoms with Crippen molar-refractivity contribution < 1.29 is 4.42 Å². The molecule has 0 bridgehead atoms. The zero-order valence-corrected chi connectivity index (χ0v) is 12.4. The Morgan fingerprint density at radius 3 is 2.84 bits per heavy atom. The van der Waals surface area contributed by atoms with E-state index in [2.05, 4.69) is 56.2 Å². The molecule has 3 heteroatoms. The minimum atomic E-state index is 0.458. The van der Waals surface area contributed by atoms with Gasteiger partial charge in [0.25, 0.3) is 0 Å². The predicted octanol–water partition coefficient (Wildman–Crippen LogP) is 3.17. The summed E-state index contributed by atoms with van der Waals surface area (Å²) in [6.45, 7) is 9.40. The first-order valence-corrected chi connectivity index (χ1v) is 6.99. The summed E-state index contributed by atoms with van der Waals surface area (Å²) >= 11 is 0. The number of nitrogens with one attached hydrogen (secondary N) is 1. The van der Waals surface area contributed by atoms with Crippen molar-refractivity contribution in [3.63, 3.8) is 0 Å². The molecule has 0 aliphatic rings. The number of rotatable bonds is 6. The second-order valence-electron chi connectivity index (χ2n) is 5.39. The van der Waals surface area contributed by atoms with Crippen molar-refractivity contribution in [1.29, 1.82) is 0 Å². The number of furan rings is 1. The lowest BCUT2D eigenvalue weighted by Gasteiger charge is -2.20. The molecule has 0 saturated heterocycles. The Morgan fingerprint density at radius 1 is 1.32 bits per heavy atom. The van der Waals surface area contributed by atoms with Crippen molar-refractivity contribution >= 4 is 11.0 Å². The van der Waals surface area contributed by atoms with Crippen LogP contribution in [0.5, 0.6) is 0 Å². The third kappa shape index (κ3) is 3.82. The summed E-state index contributed by atoms with van der Waals surface area (Å²) in [7, 11) is 2.14. The van der Waals surface area contributed by atoms with Gasteiger partial charge >= 0.3 is 0 Å². The van der Waals surface area contributed by atoms with Gasteiger partial charge in [0.05, 0.1) is 6.54 Å². The highest BCUT2D eigenvalue weighted by Crippen LogP contribution is 2.20. The molecule has 19 heavy (non-hydrogen) atoms. The SMILES string of the molecule is CCN(C)CC(C)NCc1cc2cc(C)ccc2o1. The average Bonchev–Trinajstić information content (AvgIpc) is 2.78. The topological polar surface area (TPSA) is 28.4 Å². The third-order valence-corrected chi connectivity index (χ3v) is 3.47. The van der Waals surface area contributed by atoms with Crippen LogP contribution in [0.2, 0.25) is 0 Å². The van der Waals surface area contributed by atoms with E-state index < -0.39 is 0 Å². The quantitative estimate of drug-likeness (QED) is 0.864. The Kier molecular flexibility index (Phi) is 4.61. The van der Waals surface area contributed by atoms with Crippen LogP contribution in [0.15, 0.2) is 28.7 Å². The molecular formula is C16H24N2O. The molecule has 3 nitrogen and oxygen atoms in total. The van der Waals surface area contributed by atoms with Crippen molar-refractivity contribution in [3.05, 3.63) is 35.6 Å². The first-order chi connectivity index (χ1) is 9.08. The second-order valence-corrected chi connectivity index (χ2v) is 5.39. The van der Waals surface area contributed by atoms with Crippen LogP contribution < -0.4 is 5.32 Å². The van der Waals surface area contributed by atoms with Gasteiger partial charge in [-0.2, -0.15) is 0 Å². The van der Waals surface area contributed by atoms with Crippen LogP contribution in [0, 0.1) is 6.92 Å². The number of hydrogen-bond donors (Lipinski definition) is 1. The van der Waals surface area contributed by atoms with E-state index in [4.69, 9.17) is 4.42 Å². The summed E-state index contributed by atoms with van der Waals surface area (Å²) in [4.78, 5) is 2.31. The van der Waals surface area contributed by atoms with E-state index in [-0.39, 0.29) is 0 Å². The number of hydrogen-bond acceptors (Lipinski definition) is 3. The van der Waals surface area contributed by atoms with Crippen molar-refractivity contribution in [2.24, 2.45) is 0 Å². The first-order valence-electron chi connectivity index (χ1n) is 6.99. The molecule has 0 amide bonds. The lowest BCUT2D eigenvalue weighted by atomic mass is 10.2. The van der Waals surface area contributed by atoms with Gasteiger partial charge in [-0.15, -0.1) is 0 Å². The lowest BCUT2D eigenvalue weighted by molar-refractivity contribution is 0.305. The van der Waals surface area contributed by atoms with E-state index >= 15 is 0 Å². The molecule has 1 N–H and O–H groups in total. The Balaban J connectivity index is 1.94. The van der Waals surface area contributed by atoms with Gasteiger partial charge in [0.15, 0.2) is 0 Å². The normalized spacial score (nSPS) is 13.3. The Bertz CT molecular complexity index is 533. The summed E-state index contributed by atoms with van der Waals surface area (Å²) in [5.41, 5.74) is 2.24. The molecule has 0 aliphatic heterocycles. The standard InChI is InChI=1S/C16H24N2O/c1-5-18(4)11-13(3)17-10-15-9-14-8-12(2)6-7-16(14)19-15/h6-9,13,17H,5,10-11H2,1-4H3. The Labute approximate surface area is 115 Å². The van der Waals surface area contributed by atoms with Crippen LogP contribution >= 0.6 is 0 Å². The zero-order valence-electron chi connectivity index (χ0n) is 12.4. The maximum Gasteiger partial charge on any atom is 0.134 e. The smallest absolute Gasteiger partial charge is 0.134 e. The third-order valence-electron chi connectivity index (χ3n) is 3.47. The van der Waals surface area contributed by atoms with E-state index in [0.29, 0.717) is 6.04 Å². The Hall–Kier alpha value is -1.32. The highest BCUT2D eigenvalue weighted by molar-refractivity contribution is 5.78. The summed E-state index contributed by atoms with van der Waals surface area (Å²) in [6, 6.07) is 8.88. The van der Waals surface area contributed by atoms with Gasteiger partial charge in [-0.05, 0) is 45.6 Å². The fourth-order valence-electron chi connectivity index (χ4n) is 2.24. The van der Waals surface area contributed by atoms with Gasteiger partial charge in [-0.1, -0.05) is 18.6 Å². The molecule has 1 aromatic heterocycles. The minimum absolute atomic E-state index is 0.458. The molecule has 1 aromatic carbocycles. The molecule has 0 spiro atoms. The summed E-state index contributed by atoms with van der Waals surface area (Å²) < 4.78 is 5.83. The molecule has 0 fully saturated rings. The van der Waals surface area contributed by atoms with Gasteiger partial charge in [0.1, 0.15) is 11.3 Å². The predicted molar refractivity (Wildman–Crippen MR) is 80.4 cm³/mol. The van der Waals surface area contributed by atoms with Crippen LogP contribution in [-0.4, -0.2) is 31.1 Å². The Morgan fingerprint density at radius 2 is 2.11 bits per heavy atom. The van der Waals surface area contributed by atoms with E-state index in [1.54, 1.807) is 0 Å². The van der Waals surface area contributed by atoms with Gasteiger partial charge in [-0.3, -0.25) is 0 Å². The largest absolute Gasteiger partial charge is 0.460 e. The fraction of sp³-hybridized carbons (Fsp3) is 0.500. The molecule has 104 valence electrons. The van der Waals surface area contributed by atoms with Crippen molar-refractivity contribution in [1.82, 2.24) is 10.2 Å². The molecule has 2 aromatic rings. The number of benzene rings is 1. The molecule has 1 heterocycles. The molecule has 0 radical (unpaired) electrons. The van der Waals surface area contributed by atoms with E-state index in [9.17, 15) is 0 Å². The molecule has 0 saturated carbocycles. The number of nitrogens with zero attached hydrogens (tertiary/aromatic N) is 1. The van der Waals surface area contributed by atoms with E-state index in [1.807, 2.05) is 6.07 Å². The van der Waals surface area contributed by atoms with Crippen LogP contribution in [-0.2, 0) is 6.54 Å². The fourth-order valence-corrected chi connectivity index (χ4v) is 2.24. The van der Waals surface area contributed by atoms with Gasteiger partial charge < -0.3 is 14.6 Å². The lowest BCUT2D eigenvalue weighted by Crippen LogP contribution is -2.36. The summed E-state index contributed by atoms with van der Waals surface area (Å²) in [6.07, 6.45) is 0. The van der Waals surface area contributed by atoms with Crippen LogP contribution in [0.4, 0.5) is 0 Å². The summed E-state index contributed by atoms with van der Waals surface area (Å²) in [5.74, 6) is 1.01. The van der Waals surface area contributed by atoms with Gasteiger partial charge in [0.2, 0.25) is 0 Å². The van der Waals surface area contributed by atoms with Crippen molar-refractivity contribution in [2.45, 2.75) is 33.4 Å². The second kappa shape index (κ2) is 6.22.